The van der Waals surface area contributed by atoms with Gasteiger partial charge in [-0.2, -0.15) is 0 Å². The van der Waals surface area contributed by atoms with Crippen molar-refractivity contribution in [3.63, 3.8) is 0 Å². The molecule has 0 amide bonds. The highest BCUT2D eigenvalue weighted by molar-refractivity contribution is 7.80. The molecule has 2 atom stereocenters. The predicted molar refractivity (Wildman–Crippen MR) is 176 cm³/mol. The summed E-state index contributed by atoms with van der Waals surface area (Å²) in [5, 5.41) is 16.1. The van der Waals surface area contributed by atoms with Crippen LogP contribution in [0.25, 0.3) is 5.69 Å². The van der Waals surface area contributed by atoms with Crippen LogP contribution in [0.1, 0.15) is 34.7 Å². The van der Waals surface area contributed by atoms with Crippen LogP contribution in [-0.4, -0.2) is 33.8 Å². The number of nitrogens with zero attached hydrogens (tertiary/aromatic N) is 4. The summed E-state index contributed by atoms with van der Waals surface area (Å²) in [7, 11) is 3.11. The first-order valence-electron chi connectivity index (χ1n) is 14.2. The van der Waals surface area contributed by atoms with Crippen LogP contribution in [0.15, 0.2) is 97.2 Å². The Balaban J connectivity index is 1.41. The Hall–Kier alpha value is -5.42. The molecular weight excluding hydrogens is 590 g/mol. The summed E-state index contributed by atoms with van der Waals surface area (Å²) in [5.74, 6) is 2.53. The molecule has 2 aromatic heterocycles. The summed E-state index contributed by atoms with van der Waals surface area (Å²) in [5.41, 5.74) is 4.74. The number of methoxy groups -OCH3 is 2. The van der Waals surface area contributed by atoms with Gasteiger partial charge in [0.2, 0.25) is 0 Å². The summed E-state index contributed by atoms with van der Waals surface area (Å²) >= 11 is 5.93. The lowest BCUT2D eigenvalue weighted by Gasteiger charge is -2.28. The van der Waals surface area contributed by atoms with Gasteiger partial charge in [0.1, 0.15) is 28.7 Å². The molecule has 5 aromatic rings. The van der Waals surface area contributed by atoms with Crippen LogP contribution in [0, 0.1) is 24.0 Å². The van der Waals surface area contributed by atoms with Crippen LogP contribution >= 0.6 is 12.2 Å². The van der Waals surface area contributed by atoms with Crippen LogP contribution in [0.2, 0.25) is 0 Å². The molecule has 0 aliphatic carbocycles. The summed E-state index contributed by atoms with van der Waals surface area (Å²) in [4.78, 5) is 18.5. The second kappa shape index (κ2) is 12.3. The van der Waals surface area contributed by atoms with Gasteiger partial charge in [0.25, 0.3) is 5.69 Å². The zero-order valence-corrected chi connectivity index (χ0v) is 25.9. The standard InChI is InChI=1S/C34H31N5O5S/c1-21-19-28(22(2)37(21)30-17-16-27(43-4)20-31(30)39(40)41)33-32(29-7-5-6-18-35-29)36-34(45)38(33)23-8-10-25(11-9-23)44-26-14-12-24(42-3)13-15-26/h5-20,32-33H,1-4H3,(H,36,45)/t32-,33+/m0/s1. The number of benzene rings is 3. The maximum Gasteiger partial charge on any atom is 0.296 e. The van der Waals surface area contributed by atoms with Gasteiger partial charge in [0, 0.05) is 23.3 Å². The average Bonchev–Trinajstić information content (AvgIpc) is 3.56. The van der Waals surface area contributed by atoms with Crippen molar-refractivity contribution < 1.29 is 19.1 Å². The molecule has 3 heterocycles. The fraction of sp³-hybridized carbons (Fsp3) is 0.176. The van der Waals surface area contributed by atoms with Crippen molar-refractivity contribution in [3.8, 4) is 28.7 Å². The number of thiocarbonyl (C=S) groups is 1. The van der Waals surface area contributed by atoms with Crippen LogP contribution in [0.5, 0.6) is 23.0 Å². The van der Waals surface area contributed by atoms with Crippen molar-refractivity contribution in [2.24, 2.45) is 0 Å². The highest BCUT2D eigenvalue weighted by Gasteiger charge is 2.42. The number of rotatable bonds is 9. The number of aryl methyl sites for hydroxylation is 1. The summed E-state index contributed by atoms with van der Waals surface area (Å²) < 4.78 is 18.5. The minimum absolute atomic E-state index is 0.0478. The largest absolute Gasteiger partial charge is 0.497 e. The normalized spacial score (nSPS) is 15.9. The summed E-state index contributed by atoms with van der Waals surface area (Å²) in [6.45, 7) is 3.91. The number of nitro groups is 1. The second-order valence-corrected chi connectivity index (χ2v) is 10.9. The van der Waals surface area contributed by atoms with E-state index >= 15 is 0 Å². The average molecular weight is 622 g/mol. The topological polar surface area (TPSA) is 104 Å². The van der Waals surface area contributed by atoms with Crippen LogP contribution in [0.3, 0.4) is 0 Å². The quantitative estimate of drug-likeness (QED) is 0.103. The molecule has 1 fully saturated rings. The number of nitrogens with one attached hydrogen (secondary N) is 1. The zero-order chi connectivity index (χ0) is 31.7. The van der Waals surface area contributed by atoms with Crippen molar-refractivity contribution in [2.75, 3.05) is 19.1 Å². The molecule has 1 N–H and O–H groups in total. The minimum Gasteiger partial charge on any atom is -0.497 e. The van der Waals surface area contributed by atoms with Crippen molar-refractivity contribution in [1.82, 2.24) is 14.9 Å². The molecule has 1 aliphatic heterocycles. The van der Waals surface area contributed by atoms with Crippen molar-refractivity contribution >= 4 is 28.7 Å². The Morgan fingerprint density at radius 1 is 0.867 bits per heavy atom. The number of pyridine rings is 1. The van der Waals surface area contributed by atoms with Gasteiger partial charge in [-0.15, -0.1) is 0 Å². The predicted octanol–water partition coefficient (Wildman–Crippen LogP) is 7.38. The van der Waals surface area contributed by atoms with E-state index in [1.807, 2.05) is 85.1 Å². The van der Waals surface area contributed by atoms with Gasteiger partial charge in [-0.25, -0.2) is 0 Å². The molecule has 10 nitrogen and oxygen atoms in total. The first kappa shape index (κ1) is 29.6. The number of anilines is 1. The fourth-order valence-electron chi connectivity index (χ4n) is 5.83. The van der Waals surface area contributed by atoms with Crippen LogP contribution in [-0.2, 0) is 0 Å². The van der Waals surface area contributed by atoms with Gasteiger partial charge in [-0.05, 0) is 110 Å². The molecule has 0 saturated carbocycles. The molecule has 0 spiro atoms. The lowest BCUT2D eigenvalue weighted by Crippen LogP contribution is -2.29. The number of nitro benzene ring substituents is 1. The van der Waals surface area contributed by atoms with Crippen molar-refractivity contribution in [2.45, 2.75) is 25.9 Å². The third-order valence-electron chi connectivity index (χ3n) is 7.92. The second-order valence-electron chi connectivity index (χ2n) is 10.5. The highest BCUT2D eigenvalue weighted by Crippen LogP contribution is 2.45. The first-order chi connectivity index (χ1) is 21.8. The molecular formula is C34H31N5O5S. The van der Waals surface area contributed by atoms with Gasteiger partial charge < -0.3 is 29.0 Å². The Morgan fingerprint density at radius 2 is 1.51 bits per heavy atom. The van der Waals surface area contributed by atoms with E-state index in [0.29, 0.717) is 28.0 Å². The molecule has 3 aromatic carbocycles. The van der Waals surface area contributed by atoms with E-state index in [1.54, 1.807) is 25.4 Å². The van der Waals surface area contributed by atoms with Crippen molar-refractivity contribution in [1.29, 1.82) is 0 Å². The first-order valence-corrected chi connectivity index (χ1v) is 14.6. The zero-order valence-electron chi connectivity index (χ0n) is 25.1. The number of hydrogen-bond donors (Lipinski definition) is 1. The number of hydrogen-bond acceptors (Lipinski definition) is 7. The molecule has 0 unspecified atom stereocenters. The van der Waals surface area contributed by atoms with E-state index in [9.17, 15) is 10.1 Å². The van der Waals surface area contributed by atoms with Crippen LogP contribution < -0.4 is 24.4 Å². The van der Waals surface area contributed by atoms with Gasteiger partial charge in [0.05, 0.1) is 43.0 Å². The van der Waals surface area contributed by atoms with E-state index < -0.39 is 0 Å². The molecule has 0 radical (unpaired) electrons. The van der Waals surface area contributed by atoms with Gasteiger partial charge >= 0.3 is 0 Å². The molecule has 228 valence electrons. The van der Waals surface area contributed by atoms with E-state index in [-0.39, 0.29) is 22.7 Å². The third kappa shape index (κ3) is 5.65. The monoisotopic (exact) mass is 621 g/mol. The Labute approximate surface area is 266 Å². The van der Waals surface area contributed by atoms with Crippen LogP contribution in [0.4, 0.5) is 11.4 Å². The van der Waals surface area contributed by atoms with E-state index in [2.05, 4.69) is 21.3 Å². The Bertz CT molecular complexity index is 1860. The Kier molecular flexibility index (Phi) is 8.10. The minimum atomic E-state index is -0.388. The smallest absolute Gasteiger partial charge is 0.296 e. The number of ether oxygens (including phenoxy) is 3. The maximum atomic E-state index is 12.1. The lowest BCUT2D eigenvalue weighted by atomic mass is 9.96. The SMILES string of the molecule is COc1ccc(Oc2ccc(N3C(=S)N[C@@H](c4ccccn4)[C@H]3c3cc(C)n(-c4ccc(OC)cc4[N+](=O)[O-])c3C)cc2)cc1. The fourth-order valence-corrected chi connectivity index (χ4v) is 6.17. The van der Waals surface area contributed by atoms with Crippen molar-refractivity contribution in [3.05, 3.63) is 130 Å². The van der Waals surface area contributed by atoms with Gasteiger partial charge in [0.15, 0.2) is 5.11 Å². The van der Waals surface area contributed by atoms with Gasteiger partial charge in [-0.1, -0.05) is 6.07 Å². The maximum absolute atomic E-state index is 12.1. The summed E-state index contributed by atoms with van der Waals surface area (Å²) in [6, 6.07) is 27.3. The van der Waals surface area contributed by atoms with Gasteiger partial charge in [-0.3, -0.25) is 15.1 Å². The van der Waals surface area contributed by atoms with E-state index in [4.69, 9.17) is 26.4 Å². The lowest BCUT2D eigenvalue weighted by molar-refractivity contribution is -0.384. The Morgan fingerprint density at radius 3 is 2.13 bits per heavy atom. The third-order valence-corrected chi connectivity index (χ3v) is 8.23. The number of aromatic nitrogens is 2. The molecule has 0 bridgehead atoms. The van der Waals surface area contributed by atoms with E-state index in [1.165, 1.54) is 13.2 Å². The molecule has 1 aliphatic rings. The van der Waals surface area contributed by atoms with E-state index in [0.717, 1.165) is 34.1 Å². The molecule has 6 rings (SSSR count). The molecule has 11 heteroatoms. The molecule has 1 saturated heterocycles. The highest BCUT2D eigenvalue weighted by atomic mass is 32.1. The summed E-state index contributed by atoms with van der Waals surface area (Å²) in [6.07, 6.45) is 1.76. The molecule has 45 heavy (non-hydrogen) atoms.